The molecule has 0 radical (unpaired) electrons. The van der Waals surface area contributed by atoms with E-state index in [0.29, 0.717) is 18.9 Å². The Morgan fingerprint density at radius 1 is 1.20 bits per heavy atom. The van der Waals surface area contributed by atoms with Gasteiger partial charge in [-0.25, -0.2) is 8.42 Å². The molecule has 0 atom stereocenters. The lowest BCUT2D eigenvalue weighted by Gasteiger charge is -2.06. The van der Waals surface area contributed by atoms with E-state index in [1.807, 2.05) is 26.8 Å². The third-order valence-corrected chi connectivity index (χ3v) is 4.12. The third kappa shape index (κ3) is 2.57. The molecule has 0 unspecified atom stereocenters. The van der Waals surface area contributed by atoms with Crippen LogP contribution >= 0.6 is 10.7 Å². The van der Waals surface area contributed by atoms with Gasteiger partial charge >= 0.3 is 0 Å². The summed E-state index contributed by atoms with van der Waals surface area (Å²) in [6.07, 6.45) is 0.793. The van der Waals surface area contributed by atoms with E-state index >= 15 is 0 Å². The van der Waals surface area contributed by atoms with Crippen LogP contribution in [-0.4, -0.2) is 33.0 Å². The second kappa shape index (κ2) is 5.53. The fourth-order valence-electron chi connectivity index (χ4n) is 2.01. The van der Waals surface area contributed by atoms with Gasteiger partial charge in [-0.2, -0.15) is 5.10 Å². The average Bonchev–Trinajstić information content (AvgIpc) is 3.00. The summed E-state index contributed by atoms with van der Waals surface area (Å²) in [4.78, 5) is 0. The summed E-state index contributed by atoms with van der Waals surface area (Å²) in [5.41, 5.74) is 1.66. The second-order valence-electron chi connectivity index (χ2n) is 4.18. The Kier molecular flexibility index (Phi) is 4.14. The maximum Gasteiger partial charge on any atom is 0.296 e. The molecule has 2 heterocycles. The molecular formula is C11H16ClN5O2S. The van der Waals surface area contributed by atoms with Gasteiger partial charge in [-0.1, -0.05) is 6.92 Å². The van der Waals surface area contributed by atoms with Crippen LogP contribution in [0.1, 0.15) is 26.5 Å². The van der Waals surface area contributed by atoms with Crippen LogP contribution in [0.2, 0.25) is 0 Å². The first-order chi connectivity index (χ1) is 9.42. The van der Waals surface area contributed by atoms with Crippen molar-refractivity contribution in [2.75, 3.05) is 0 Å². The van der Waals surface area contributed by atoms with E-state index < -0.39 is 9.05 Å². The quantitative estimate of drug-likeness (QED) is 0.783. The fraction of sp³-hybridized carbons (Fsp3) is 0.545. The summed E-state index contributed by atoms with van der Waals surface area (Å²) in [5, 5.41) is 11.9. The Labute approximate surface area is 122 Å². The van der Waals surface area contributed by atoms with E-state index in [-0.39, 0.29) is 5.16 Å². The number of aromatic nitrogens is 5. The lowest BCUT2D eigenvalue weighted by atomic mass is 10.3. The van der Waals surface area contributed by atoms with Crippen molar-refractivity contribution in [2.45, 2.75) is 45.4 Å². The van der Waals surface area contributed by atoms with E-state index in [0.717, 1.165) is 17.8 Å². The molecule has 0 amide bonds. The van der Waals surface area contributed by atoms with Crippen LogP contribution in [0.3, 0.4) is 0 Å². The van der Waals surface area contributed by atoms with Gasteiger partial charge in [0, 0.05) is 23.8 Å². The van der Waals surface area contributed by atoms with Crippen LogP contribution in [0.15, 0.2) is 11.2 Å². The van der Waals surface area contributed by atoms with Crippen LogP contribution in [0.4, 0.5) is 0 Å². The fourth-order valence-corrected chi connectivity index (χ4v) is 2.97. The Hall–Kier alpha value is -1.41. The van der Waals surface area contributed by atoms with Gasteiger partial charge in [0.15, 0.2) is 5.82 Å². The van der Waals surface area contributed by atoms with Crippen LogP contribution in [0.5, 0.6) is 0 Å². The average molecular weight is 318 g/mol. The summed E-state index contributed by atoms with van der Waals surface area (Å²) >= 11 is 0. The van der Waals surface area contributed by atoms with E-state index in [9.17, 15) is 8.42 Å². The van der Waals surface area contributed by atoms with Crippen molar-refractivity contribution in [3.63, 3.8) is 0 Å². The summed E-state index contributed by atoms with van der Waals surface area (Å²) < 4.78 is 26.2. The van der Waals surface area contributed by atoms with E-state index in [2.05, 4.69) is 15.3 Å². The second-order valence-corrected chi connectivity index (χ2v) is 6.64. The van der Waals surface area contributed by atoms with Gasteiger partial charge in [0.05, 0.1) is 5.69 Å². The van der Waals surface area contributed by atoms with Crippen LogP contribution in [0.25, 0.3) is 11.5 Å². The molecule has 0 N–H and O–H groups in total. The molecule has 9 heteroatoms. The molecule has 2 aromatic heterocycles. The highest BCUT2D eigenvalue weighted by atomic mass is 35.7. The molecular weight excluding hydrogens is 302 g/mol. The molecule has 0 aliphatic carbocycles. The first-order valence-corrected chi connectivity index (χ1v) is 8.68. The van der Waals surface area contributed by atoms with Crippen molar-refractivity contribution in [2.24, 2.45) is 0 Å². The smallest absolute Gasteiger partial charge is 0.296 e. The number of hydrogen-bond acceptors (Lipinski definition) is 5. The Bertz CT molecular complexity index is 719. The number of halogens is 1. The predicted molar refractivity (Wildman–Crippen MR) is 75.0 cm³/mol. The zero-order valence-electron chi connectivity index (χ0n) is 11.5. The zero-order chi connectivity index (χ0) is 14.9. The summed E-state index contributed by atoms with van der Waals surface area (Å²) in [5.74, 6) is 0.459. The lowest BCUT2D eigenvalue weighted by Crippen LogP contribution is -2.08. The van der Waals surface area contributed by atoms with E-state index in [4.69, 9.17) is 10.7 Å². The standard InChI is InChI=1S/C11H16ClN5O2S/c1-4-8-7-9(17(6-3)15-8)10-13-14-11(16(10)5-2)20(12,18)19/h7H,4-6H2,1-3H3. The lowest BCUT2D eigenvalue weighted by molar-refractivity contribution is 0.581. The van der Waals surface area contributed by atoms with Gasteiger partial charge in [0.25, 0.3) is 14.2 Å². The topological polar surface area (TPSA) is 82.7 Å². The monoisotopic (exact) mass is 317 g/mol. The molecule has 0 fully saturated rings. The van der Waals surface area contributed by atoms with Gasteiger partial charge in [-0.05, 0) is 26.3 Å². The van der Waals surface area contributed by atoms with Crippen molar-refractivity contribution in [1.82, 2.24) is 24.5 Å². The Balaban J connectivity index is 2.64. The molecule has 0 spiro atoms. The summed E-state index contributed by atoms with van der Waals surface area (Å²) in [6, 6.07) is 1.89. The molecule has 0 saturated heterocycles. The summed E-state index contributed by atoms with van der Waals surface area (Å²) in [6.45, 7) is 6.84. The van der Waals surface area contributed by atoms with Crippen LogP contribution < -0.4 is 0 Å². The van der Waals surface area contributed by atoms with E-state index in [1.54, 1.807) is 4.68 Å². The number of hydrogen-bond donors (Lipinski definition) is 0. The normalized spacial score (nSPS) is 12.0. The molecule has 110 valence electrons. The Morgan fingerprint density at radius 3 is 2.40 bits per heavy atom. The highest BCUT2D eigenvalue weighted by Crippen LogP contribution is 2.23. The number of aryl methyl sites for hydroxylation is 2. The molecule has 20 heavy (non-hydrogen) atoms. The summed E-state index contributed by atoms with van der Waals surface area (Å²) in [7, 11) is 1.46. The minimum atomic E-state index is -3.92. The molecule has 2 rings (SSSR count). The first kappa shape index (κ1) is 15.0. The molecule has 7 nitrogen and oxygen atoms in total. The maximum atomic E-state index is 11.5. The van der Waals surface area contributed by atoms with Gasteiger partial charge in [0.1, 0.15) is 5.69 Å². The van der Waals surface area contributed by atoms with Gasteiger partial charge < -0.3 is 0 Å². The number of rotatable bonds is 5. The molecule has 2 aromatic rings. The molecule has 0 saturated carbocycles. The van der Waals surface area contributed by atoms with Crippen molar-refractivity contribution >= 4 is 19.7 Å². The molecule has 0 aliphatic rings. The zero-order valence-corrected chi connectivity index (χ0v) is 13.1. The van der Waals surface area contributed by atoms with Gasteiger partial charge in [-0.3, -0.25) is 9.25 Å². The first-order valence-electron chi connectivity index (χ1n) is 6.37. The third-order valence-electron chi connectivity index (χ3n) is 2.97. The minimum absolute atomic E-state index is 0.237. The largest absolute Gasteiger partial charge is 0.296 e. The molecule has 0 aromatic carbocycles. The van der Waals surface area contributed by atoms with Crippen molar-refractivity contribution in [3.05, 3.63) is 11.8 Å². The van der Waals surface area contributed by atoms with E-state index in [1.165, 1.54) is 4.57 Å². The predicted octanol–water partition coefficient (Wildman–Crippen LogP) is 1.67. The van der Waals surface area contributed by atoms with Crippen LogP contribution in [-0.2, 0) is 28.6 Å². The number of nitrogens with zero attached hydrogens (tertiary/aromatic N) is 5. The maximum absolute atomic E-state index is 11.5. The Morgan fingerprint density at radius 2 is 1.90 bits per heavy atom. The molecule has 0 aliphatic heterocycles. The van der Waals surface area contributed by atoms with Crippen molar-refractivity contribution in [1.29, 1.82) is 0 Å². The molecule has 0 bridgehead atoms. The highest BCUT2D eigenvalue weighted by molar-refractivity contribution is 8.13. The minimum Gasteiger partial charge on any atom is -0.296 e. The van der Waals surface area contributed by atoms with Gasteiger partial charge in [0.2, 0.25) is 0 Å². The van der Waals surface area contributed by atoms with Crippen molar-refractivity contribution < 1.29 is 8.42 Å². The van der Waals surface area contributed by atoms with Crippen LogP contribution in [0, 0.1) is 0 Å². The van der Waals surface area contributed by atoms with Gasteiger partial charge in [-0.15, -0.1) is 10.2 Å². The highest BCUT2D eigenvalue weighted by Gasteiger charge is 2.24. The SMILES string of the molecule is CCc1cc(-c2nnc(S(=O)(=O)Cl)n2CC)n(CC)n1. The van der Waals surface area contributed by atoms with Crippen molar-refractivity contribution in [3.8, 4) is 11.5 Å².